The van der Waals surface area contributed by atoms with Crippen LogP contribution in [-0.4, -0.2) is 5.54 Å². The molecule has 0 unspecified atom stereocenters. The van der Waals surface area contributed by atoms with Crippen molar-refractivity contribution in [1.29, 1.82) is 0 Å². The lowest BCUT2D eigenvalue weighted by Gasteiger charge is -2.41. The molecule has 1 aliphatic rings. The standard InChI is InChI=1S/C17H27N/c1-13-5-6-14(2)15(11-13)12-17(18)9-7-16(3,4)8-10-17/h5-6,11H,7-10,12,18H2,1-4H3. The van der Waals surface area contributed by atoms with Crippen molar-refractivity contribution >= 4 is 0 Å². The maximum absolute atomic E-state index is 6.63. The van der Waals surface area contributed by atoms with Crippen molar-refractivity contribution in [3.63, 3.8) is 0 Å². The molecule has 1 heteroatoms. The van der Waals surface area contributed by atoms with E-state index in [1.807, 2.05) is 0 Å². The summed E-state index contributed by atoms with van der Waals surface area (Å²) in [6, 6.07) is 6.72. The van der Waals surface area contributed by atoms with Gasteiger partial charge in [-0.25, -0.2) is 0 Å². The van der Waals surface area contributed by atoms with Gasteiger partial charge in [-0.2, -0.15) is 0 Å². The fraction of sp³-hybridized carbons (Fsp3) is 0.647. The molecule has 18 heavy (non-hydrogen) atoms. The van der Waals surface area contributed by atoms with Gasteiger partial charge in [-0.3, -0.25) is 0 Å². The molecule has 0 spiro atoms. The summed E-state index contributed by atoms with van der Waals surface area (Å²) in [5.41, 5.74) is 11.3. The van der Waals surface area contributed by atoms with Crippen LogP contribution < -0.4 is 5.73 Å². The van der Waals surface area contributed by atoms with Crippen LogP contribution in [0.2, 0.25) is 0 Å². The van der Waals surface area contributed by atoms with Crippen LogP contribution in [0, 0.1) is 19.3 Å². The highest BCUT2D eigenvalue weighted by Gasteiger charge is 2.35. The summed E-state index contributed by atoms with van der Waals surface area (Å²) in [7, 11) is 0. The Balaban J connectivity index is 2.11. The quantitative estimate of drug-likeness (QED) is 0.832. The molecule has 0 bridgehead atoms. The first-order chi connectivity index (χ1) is 8.30. The van der Waals surface area contributed by atoms with E-state index >= 15 is 0 Å². The normalized spacial score (nSPS) is 21.8. The van der Waals surface area contributed by atoms with Gasteiger partial charge in [-0.05, 0) is 62.5 Å². The molecular formula is C17H27N. The summed E-state index contributed by atoms with van der Waals surface area (Å²) in [6.45, 7) is 9.09. The molecule has 1 aliphatic carbocycles. The Bertz CT molecular complexity index is 421. The van der Waals surface area contributed by atoms with Gasteiger partial charge in [0.05, 0.1) is 0 Å². The fourth-order valence-corrected chi connectivity index (χ4v) is 2.97. The molecule has 0 saturated heterocycles. The van der Waals surface area contributed by atoms with Crippen LogP contribution >= 0.6 is 0 Å². The van der Waals surface area contributed by atoms with Crippen molar-refractivity contribution in [3.8, 4) is 0 Å². The van der Waals surface area contributed by atoms with Crippen LogP contribution in [0.4, 0.5) is 0 Å². The molecule has 2 rings (SSSR count). The lowest BCUT2D eigenvalue weighted by Crippen LogP contribution is -2.47. The number of hydrogen-bond donors (Lipinski definition) is 1. The number of rotatable bonds is 2. The first kappa shape index (κ1) is 13.6. The third kappa shape index (κ3) is 3.14. The van der Waals surface area contributed by atoms with E-state index in [0.29, 0.717) is 5.41 Å². The third-order valence-corrected chi connectivity index (χ3v) is 4.65. The van der Waals surface area contributed by atoms with Gasteiger partial charge in [0.15, 0.2) is 0 Å². The largest absolute Gasteiger partial charge is 0.325 e. The zero-order chi connectivity index (χ0) is 13.4. The highest BCUT2D eigenvalue weighted by molar-refractivity contribution is 5.32. The average molecular weight is 245 g/mol. The molecule has 1 fully saturated rings. The van der Waals surface area contributed by atoms with Crippen molar-refractivity contribution in [2.45, 2.75) is 65.3 Å². The zero-order valence-electron chi connectivity index (χ0n) is 12.3. The molecule has 2 N–H and O–H groups in total. The van der Waals surface area contributed by atoms with Gasteiger partial charge in [0.25, 0.3) is 0 Å². The maximum atomic E-state index is 6.63. The summed E-state index contributed by atoms with van der Waals surface area (Å²) in [4.78, 5) is 0. The Morgan fingerprint density at radius 1 is 1.06 bits per heavy atom. The molecule has 100 valence electrons. The molecule has 0 heterocycles. The monoisotopic (exact) mass is 245 g/mol. The van der Waals surface area contributed by atoms with Crippen LogP contribution in [0.25, 0.3) is 0 Å². The van der Waals surface area contributed by atoms with E-state index in [4.69, 9.17) is 5.73 Å². The van der Waals surface area contributed by atoms with Crippen molar-refractivity contribution in [3.05, 3.63) is 34.9 Å². The summed E-state index contributed by atoms with van der Waals surface area (Å²) in [6.07, 6.45) is 5.88. The summed E-state index contributed by atoms with van der Waals surface area (Å²) >= 11 is 0. The van der Waals surface area contributed by atoms with Crippen molar-refractivity contribution in [2.24, 2.45) is 11.1 Å². The highest BCUT2D eigenvalue weighted by Crippen LogP contribution is 2.40. The molecule has 0 aliphatic heterocycles. The third-order valence-electron chi connectivity index (χ3n) is 4.65. The number of hydrogen-bond acceptors (Lipinski definition) is 1. The van der Waals surface area contributed by atoms with Crippen LogP contribution in [0.5, 0.6) is 0 Å². The van der Waals surface area contributed by atoms with E-state index in [2.05, 4.69) is 45.9 Å². The van der Waals surface area contributed by atoms with E-state index < -0.39 is 0 Å². The second-order valence-electron chi connectivity index (χ2n) is 7.13. The molecular weight excluding hydrogens is 218 g/mol. The van der Waals surface area contributed by atoms with E-state index in [0.717, 1.165) is 19.3 Å². The Labute approximate surface area is 112 Å². The second-order valence-corrected chi connectivity index (χ2v) is 7.13. The second kappa shape index (κ2) is 4.70. The predicted molar refractivity (Wildman–Crippen MR) is 78.8 cm³/mol. The molecule has 0 amide bonds. The molecule has 1 aromatic rings. The van der Waals surface area contributed by atoms with Crippen LogP contribution in [0.3, 0.4) is 0 Å². The highest BCUT2D eigenvalue weighted by atomic mass is 14.7. The minimum atomic E-state index is 0.0219. The Morgan fingerprint density at radius 3 is 2.28 bits per heavy atom. The molecule has 1 aromatic carbocycles. The Morgan fingerprint density at radius 2 is 1.67 bits per heavy atom. The lowest BCUT2D eigenvalue weighted by atomic mass is 9.68. The van der Waals surface area contributed by atoms with Gasteiger partial charge < -0.3 is 5.73 Å². The molecule has 1 nitrogen and oxygen atoms in total. The van der Waals surface area contributed by atoms with E-state index in [1.165, 1.54) is 29.5 Å². The zero-order valence-corrected chi connectivity index (χ0v) is 12.3. The van der Waals surface area contributed by atoms with Crippen molar-refractivity contribution in [1.82, 2.24) is 0 Å². The first-order valence-electron chi connectivity index (χ1n) is 7.15. The average Bonchev–Trinajstić information content (AvgIpc) is 2.29. The van der Waals surface area contributed by atoms with Gasteiger partial charge >= 0.3 is 0 Å². The molecule has 0 atom stereocenters. The fourth-order valence-electron chi connectivity index (χ4n) is 2.97. The van der Waals surface area contributed by atoms with Gasteiger partial charge in [-0.1, -0.05) is 37.6 Å². The number of aryl methyl sites for hydroxylation is 2. The number of benzene rings is 1. The summed E-state index contributed by atoms with van der Waals surface area (Å²) in [5.74, 6) is 0. The predicted octanol–water partition coefficient (Wildman–Crippen LogP) is 4.14. The van der Waals surface area contributed by atoms with Gasteiger partial charge in [0.1, 0.15) is 0 Å². The van der Waals surface area contributed by atoms with Crippen LogP contribution in [0.1, 0.15) is 56.2 Å². The Hall–Kier alpha value is -0.820. The van der Waals surface area contributed by atoms with Crippen molar-refractivity contribution in [2.75, 3.05) is 0 Å². The van der Waals surface area contributed by atoms with E-state index in [1.54, 1.807) is 0 Å². The molecule has 0 radical (unpaired) electrons. The van der Waals surface area contributed by atoms with Gasteiger partial charge in [0.2, 0.25) is 0 Å². The van der Waals surface area contributed by atoms with Gasteiger partial charge in [0, 0.05) is 5.54 Å². The SMILES string of the molecule is Cc1ccc(C)c(CC2(N)CCC(C)(C)CC2)c1. The van der Waals surface area contributed by atoms with Crippen molar-refractivity contribution < 1.29 is 0 Å². The maximum Gasteiger partial charge on any atom is 0.0195 e. The summed E-state index contributed by atoms with van der Waals surface area (Å²) < 4.78 is 0. The topological polar surface area (TPSA) is 26.0 Å². The number of nitrogens with two attached hydrogens (primary N) is 1. The minimum absolute atomic E-state index is 0.0219. The lowest BCUT2D eigenvalue weighted by molar-refractivity contribution is 0.164. The molecule has 1 saturated carbocycles. The van der Waals surface area contributed by atoms with E-state index in [9.17, 15) is 0 Å². The van der Waals surface area contributed by atoms with E-state index in [-0.39, 0.29) is 5.54 Å². The van der Waals surface area contributed by atoms with Crippen LogP contribution in [-0.2, 0) is 6.42 Å². The van der Waals surface area contributed by atoms with Crippen LogP contribution in [0.15, 0.2) is 18.2 Å². The summed E-state index contributed by atoms with van der Waals surface area (Å²) in [5, 5.41) is 0. The smallest absolute Gasteiger partial charge is 0.0195 e. The molecule has 0 aromatic heterocycles. The van der Waals surface area contributed by atoms with Gasteiger partial charge in [-0.15, -0.1) is 0 Å². The Kier molecular flexibility index (Phi) is 3.55. The first-order valence-corrected chi connectivity index (χ1v) is 7.15. The minimum Gasteiger partial charge on any atom is -0.325 e.